The molecule has 1 rings (SSSR count). The van der Waals surface area contributed by atoms with Crippen LogP contribution in [0.1, 0.15) is 46.0 Å². The first kappa shape index (κ1) is 12.5. The smallest absolute Gasteiger partial charge is 0.220 e. The average molecular weight is 213 g/mol. The van der Waals surface area contributed by atoms with Gasteiger partial charge in [0.15, 0.2) is 0 Å². The molecular formula is C12H23NO2. The van der Waals surface area contributed by atoms with Gasteiger partial charge < -0.3 is 10.4 Å². The number of nitrogens with one attached hydrogen (secondary N) is 1. The summed E-state index contributed by atoms with van der Waals surface area (Å²) in [5.74, 6) is 1.53. The minimum atomic E-state index is 0.0929. The normalized spacial score (nSPS) is 31.3. The van der Waals surface area contributed by atoms with Crippen LogP contribution in [0.5, 0.6) is 0 Å². The van der Waals surface area contributed by atoms with Gasteiger partial charge in [0.05, 0.1) is 0 Å². The van der Waals surface area contributed by atoms with Crippen molar-refractivity contribution in [3.8, 4) is 0 Å². The summed E-state index contributed by atoms with van der Waals surface area (Å²) in [5.41, 5.74) is 0. The highest BCUT2D eigenvalue weighted by Gasteiger charge is 2.24. The molecule has 0 heterocycles. The van der Waals surface area contributed by atoms with E-state index >= 15 is 0 Å². The Bertz CT molecular complexity index is 196. The molecule has 88 valence electrons. The van der Waals surface area contributed by atoms with Gasteiger partial charge in [0.25, 0.3) is 0 Å². The number of hydrogen-bond acceptors (Lipinski definition) is 2. The second-order valence-corrected chi connectivity index (χ2v) is 5.01. The molecule has 1 amide bonds. The highest BCUT2D eigenvalue weighted by atomic mass is 16.3. The van der Waals surface area contributed by atoms with Crippen LogP contribution in [0, 0.1) is 11.8 Å². The summed E-state index contributed by atoms with van der Waals surface area (Å²) in [6, 6.07) is 0.356. The van der Waals surface area contributed by atoms with Gasteiger partial charge in [-0.2, -0.15) is 0 Å². The second-order valence-electron chi connectivity index (χ2n) is 5.01. The quantitative estimate of drug-likeness (QED) is 0.746. The standard InChI is InChI=1S/C12H23NO2/c1-9-6-10(2)8-11(7-9)13-12(15)4-3-5-14/h9-11,14H,3-8H2,1-2H3,(H,13,15). The van der Waals surface area contributed by atoms with Gasteiger partial charge in [0, 0.05) is 19.1 Å². The van der Waals surface area contributed by atoms with Gasteiger partial charge in [0.2, 0.25) is 5.91 Å². The van der Waals surface area contributed by atoms with E-state index < -0.39 is 0 Å². The van der Waals surface area contributed by atoms with Gasteiger partial charge in [-0.05, 0) is 37.5 Å². The third kappa shape index (κ3) is 4.65. The van der Waals surface area contributed by atoms with Crippen LogP contribution in [0.2, 0.25) is 0 Å². The molecule has 1 aliphatic carbocycles. The summed E-state index contributed by atoms with van der Waals surface area (Å²) in [7, 11) is 0. The van der Waals surface area contributed by atoms with Crippen LogP contribution in [0.4, 0.5) is 0 Å². The number of aliphatic hydroxyl groups is 1. The van der Waals surface area contributed by atoms with Crippen LogP contribution >= 0.6 is 0 Å². The fraction of sp³-hybridized carbons (Fsp3) is 0.917. The topological polar surface area (TPSA) is 49.3 Å². The fourth-order valence-electron chi connectivity index (χ4n) is 2.60. The molecule has 0 spiro atoms. The monoisotopic (exact) mass is 213 g/mol. The Kier molecular flexibility index (Phi) is 5.09. The molecule has 0 radical (unpaired) electrons. The number of carbonyl (C=O) groups excluding carboxylic acids is 1. The largest absolute Gasteiger partial charge is 0.396 e. The van der Waals surface area contributed by atoms with E-state index in [9.17, 15) is 4.79 Å². The van der Waals surface area contributed by atoms with Crippen molar-refractivity contribution in [2.75, 3.05) is 6.61 Å². The zero-order chi connectivity index (χ0) is 11.3. The van der Waals surface area contributed by atoms with Crippen molar-refractivity contribution in [2.24, 2.45) is 11.8 Å². The molecule has 3 nitrogen and oxygen atoms in total. The van der Waals surface area contributed by atoms with Gasteiger partial charge in [-0.1, -0.05) is 13.8 Å². The first-order valence-electron chi connectivity index (χ1n) is 6.02. The summed E-state index contributed by atoms with van der Waals surface area (Å²) in [6.07, 6.45) is 4.52. The lowest BCUT2D eigenvalue weighted by molar-refractivity contribution is -0.122. The summed E-state index contributed by atoms with van der Waals surface area (Å²) in [6.45, 7) is 4.61. The van der Waals surface area contributed by atoms with E-state index in [1.807, 2.05) is 0 Å². The maximum Gasteiger partial charge on any atom is 0.220 e. The Balaban J connectivity index is 2.27. The van der Waals surface area contributed by atoms with Crippen molar-refractivity contribution in [3.05, 3.63) is 0 Å². The molecule has 2 atom stereocenters. The molecular weight excluding hydrogens is 190 g/mol. The lowest BCUT2D eigenvalue weighted by Crippen LogP contribution is -2.40. The molecule has 3 heteroatoms. The molecule has 0 bridgehead atoms. The van der Waals surface area contributed by atoms with E-state index in [2.05, 4.69) is 19.2 Å². The first-order chi connectivity index (χ1) is 7.11. The van der Waals surface area contributed by atoms with Gasteiger partial charge in [-0.25, -0.2) is 0 Å². The molecule has 2 unspecified atom stereocenters. The zero-order valence-electron chi connectivity index (χ0n) is 9.83. The predicted molar refractivity (Wildman–Crippen MR) is 60.4 cm³/mol. The zero-order valence-corrected chi connectivity index (χ0v) is 9.83. The SMILES string of the molecule is CC1CC(C)CC(NC(=O)CCCO)C1. The number of amides is 1. The minimum absolute atomic E-state index is 0.0929. The van der Waals surface area contributed by atoms with E-state index in [0.717, 1.165) is 24.7 Å². The van der Waals surface area contributed by atoms with Crippen molar-refractivity contribution < 1.29 is 9.90 Å². The number of rotatable bonds is 4. The van der Waals surface area contributed by atoms with E-state index in [1.165, 1.54) is 6.42 Å². The van der Waals surface area contributed by atoms with Crippen molar-refractivity contribution in [1.82, 2.24) is 5.32 Å². The maximum atomic E-state index is 11.5. The Hall–Kier alpha value is -0.570. The highest BCUT2D eigenvalue weighted by molar-refractivity contribution is 5.76. The highest BCUT2D eigenvalue weighted by Crippen LogP contribution is 2.28. The van der Waals surface area contributed by atoms with Crippen LogP contribution in [0.3, 0.4) is 0 Å². The summed E-state index contributed by atoms with van der Waals surface area (Å²) < 4.78 is 0. The van der Waals surface area contributed by atoms with E-state index in [4.69, 9.17) is 5.11 Å². The summed E-state index contributed by atoms with van der Waals surface area (Å²) in [5, 5.41) is 11.7. The molecule has 1 fully saturated rings. The third-order valence-corrected chi connectivity index (χ3v) is 3.11. The van der Waals surface area contributed by atoms with E-state index in [1.54, 1.807) is 0 Å². The van der Waals surface area contributed by atoms with Crippen LogP contribution in [0.15, 0.2) is 0 Å². The Morgan fingerprint density at radius 3 is 2.40 bits per heavy atom. The van der Waals surface area contributed by atoms with Crippen LogP contribution in [-0.4, -0.2) is 23.7 Å². The van der Waals surface area contributed by atoms with E-state index in [0.29, 0.717) is 18.9 Å². The Labute approximate surface area is 92.3 Å². The molecule has 0 aromatic rings. The Morgan fingerprint density at radius 1 is 1.27 bits per heavy atom. The lowest BCUT2D eigenvalue weighted by atomic mass is 9.80. The van der Waals surface area contributed by atoms with E-state index in [-0.39, 0.29) is 12.5 Å². The van der Waals surface area contributed by atoms with Crippen LogP contribution in [-0.2, 0) is 4.79 Å². The second kappa shape index (κ2) is 6.11. The number of carbonyl (C=O) groups is 1. The van der Waals surface area contributed by atoms with Crippen molar-refractivity contribution in [2.45, 2.75) is 52.0 Å². The van der Waals surface area contributed by atoms with Crippen molar-refractivity contribution in [1.29, 1.82) is 0 Å². The fourth-order valence-corrected chi connectivity index (χ4v) is 2.60. The maximum absolute atomic E-state index is 11.5. The minimum Gasteiger partial charge on any atom is -0.396 e. The van der Waals surface area contributed by atoms with Crippen LogP contribution < -0.4 is 5.32 Å². The molecule has 15 heavy (non-hydrogen) atoms. The van der Waals surface area contributed by atoms with Gasteiger partial charge in [0.1, 0.15) is 0 Å². The molecule has 1 saturated carbocycles. The molecule has 1 aliphatic rings. The predicted octanol–water partition coefficient (Wildman–Crippen LogP) is 1.70. The number of hydrogen-bond donors (Lipinski definition) is 2. The first-order valence-corrected chi connectivity index (χ1v) is 6.02. The molecule has 0 aromatic heterocycles. The van der Waals surface area contributed by atoms with Gasteiger partial charge >= 0.3 is 0 Å². The van der Waals surface area contributed by atoms with Crippen LogP contribution in [0.25, 0.3) is 0 Å². The Morgan fingerprint density at radius 2 is 1.87 bits per heavy atom. The average Bonchev–Trinajstić information content (AvgIpc) is 2.13. The summed E-state index contributed by atoms with van der Waals surface area (Å²) in [4.78, 5) is 11.5. The molecule has 0 aliphatic heterocycles. The third-order valence-electron chi connectivity index (χ3n) is 3.11. The molecule has 2 N–H and O–H groups in total. The lowest BCUT2D eigenvalue weighted by Gasteiger charge is -2.31. The van der Waals surface area contributed by atoms with Gasteiger partial charge in [-0.15, -0.1) is 0 Å². The molecule has 0 saturated heterocycles. The molecule has 0 aromatic carbocycles. The van der Waals surface area contributed by atoms with Crippen molar-refractivity contribution in [3.63, 3.8) is 0 Å². The van der Waals surface area contributed by atoms with Gasteiger partial charge in [-0.3, -0.25) is 4.79 Å². The number of aliphatic hydroxyl groups excluding tert-OH is 1. The van der Waals surface area contributed by atoms with Crippen molar-refractivity contribution >= 4 is 5.91 Å². The summed E-state index contributed by atoms with van der Waals surface area (Å²) >= 11 is 0.